The van der Waals surface area contributed by atoms with E-state index in [0.29, 0.717) is 36.7 Å². The fourth-order valence-corrected chi connectivity index (χ4v) is 3.03. The summed E-state index contributed by atoms with van der Waals surface area (Å²) < 4.78 is 7.16. The molecule has 0 amide bonds. The minimum atomic E-state index is -0.173. The maximum absolute atomic E-state index is 12.5. The lowest BCUT2D eigenvalue weighted by atomic mass is 10.2. The van der Waals surface area contributed by atoms with Crippen LogP contribution < -0.4 is 10.5 Å². The molecule has 1 fully saturated rings. The first-order valence-electron chi connectivity index (χ1n) is 8.03. The van der Waals surface area contributed by atoms with Crippen LogP contribution in [0.4, 0.5) is 5.95 Å². The predicted octanol–water partition coefficient (Wildman–Crippen LogP) is 1.64. The van der Waals surface area contributed by atoms with Crippen LogP contribution in [0.25, 0.3) is 16.7 Å². The molecule has 0 bridgehead atoms. The zero-order chi connectivity index (χ0) is 16.7. The van der Waals surface area contributed by atoms with Crippen molar-refractivity contribution in [3.05, 3.63) is 46.4 Å². The number of rotatable bonds is 2. The molecule has 0 radical (unpaired) electrons. The molecule has 1 aliphatic heterocycles. The summed E-state index contributed by atoms with van der Waals surface area (Å²) in [6, 6.07) is 8.08. The number of aromatic nitrogens is 4. The Kier molecular flexibility index (Phi) is 3.57. The van der Waals surface area contributed by atoms with E-state index in [1.54, 1.807) is 10.9 Å². The van der Waals surface area contributed by atoms with E-state index in [1.165, 1.54) is 0 Å². The van der Waals surface area contributed by atoms with Crippen LogP contribution in [0, 0.1) is 6.92 Å². The van der Waals surface area contributed by atoms with E-state index in [0.717, 1.165) is 11.3 Å². The second kappa shape index (κ2) is 5.76. The molecule has 4 rings (SSSR count). The van der Waals surface area contributed by atoms with Gasteiger partial charge in [-0.3, -0.25) is 9.78 Å². The van der Waals surface area contributed by atoms with Crippen LogP contribution in [-0.2, 0) is 4.74 Å². The highest BCUT2D eigenvalue weighted by atomic mass is 16.5. The lowest BCUT2D eigenvalue weighted by molar-refractivity contribution is 0.0981. The summed E-state index contributed by atoms with van der Waals surface area (Å²) in [5, 5.41) is 5.00. The third-order valence-electron chi connectivity index (χ3n) is 4.38. The van der Waals surface area contributed by atoms with Crippen LogP contribution in [0.5, 0.6) is 0 Å². The third kappa shape index (κ3) is 2.46. The number of hydrogen-bond donors (Lipinski definition) is 1. The summed E-state index contributed by atoms with van der Waals surface area (Å²) >= 11 is 0. The number of aromatic amines is 1. The van der Waals surface area contributed by atoms with Crippen LogP contribution in [-0.4, -0.2) is 45.5 Å². The standard InChI is InChI=1S/C17H19N5O2/c1-11-5-3-4-6-14(11)22-9-13-15(20-22)18-17(19-16(13)23)21-7-8-24-10-12(21)2/h3-6,9,12H,7-8,10H2,1-2H3,(H,18,19,20,23). The van der Waals surface area contributed by atoms with Gasteiger partial charge in [-0.05, 0) is 25.5 Å². The number of benzene rings is 1. The molecule has 7 nitrogen and oxygen atoms in total. The van der Waals surface area contributed by atoms with E-state index >= 15 is 0 Å². The van der Waals surface area contributed by atoms with Gasteiger partial charge in [0, 0.05) is 12.7 Å². The number of ether oxygens (including phenoxy) is 1. The van der Waals surface area contributed by atoms with Crippen molar-refractivity contribution in [3.63, 3.8) is 0 Å². The minimum Gasteiger partial charge on any atom is -0.377 e. The van der Waals surface area contributed by atoms with Crippen molar-refractivity contribution in [2.75, 3.05) is 24.7 Å². The fraction of sp³-hybridized carbons (Fsp3) is 0.353. The summed E-state index contributed by atoms with van der Waals surface area (Å²) in [7, 11) is 0. The maximum atomic E-state index is 12.5. The molecule has 1 aromatic carbocycles. The summed E-state index contributed by atoms with van der Waals surface area (Å²) in [5.41, 5.74) is 2.31. The van der Waals surface area contributed by atoms with Gasteiger partial charge < -0.3 is 9.64 Å². The molecule has 2 aromatic heterocycles. The monoisotopic (exact) mass is 325 g/mol. The van der Waals surface area contributed by atoms with Gasteiger partial charge in [-0.15, -0.1) is 5.10 Å². The number of hydrogen-bond acceptors (Lipinski definition) is 5. The van der Waals surface area contributed by atoms with Crippen molar-refractivity contribution in [2.45, 2.75) is 19.9 Å². The Labute approximate surface area is 138 Å². The van der Waals surface area contributed by atoms with Gasteiger partial charge in [-0.1, -0.05) is 18.2 Å². The lowest BCUT2D eigenvalue weighted by Gasteiger charge is -2.33. The number of fused-ring (bicyclic) bond motifs is 1. The zero-order valence-electron chi connectivity index (χ0n) is 13.7. The second-order valence-corrected chi connectivity index (χ2v) is 6.10. The Morgan fingerprint density at radius 3 is 2.96 bits per heavy atom. The van der Waals surface area contributed by atoms with Gasteiger partial charge in [0.1, 0.15) is 5.39 Å². The van der Waals surface area contributed by atoms with Crippen molar-refractivity contribution in [1.82, 2.24) is 19.7 Å². The van der Waals surface area contributed by atoms with Crippen molar-refractivity contribution in [2.24, 2.45) is 0 Å². The van der Waals surface area contributed by atoms with E-state index in [1.807, 2.05) is 31.2 Å². The lowest BCUT2D eigenvalue weighted by Crippen LogP contribution is -2.45. The number of para-hydroxylation sites is 1. The summed E-state index contributed by atoms with van der Waals surface area (Å²) in [6.07, 6.45) is 1.73. The molecule has 24 heavy (non-hydrogen) atoms. The first-order valence-corrected chi connectivity index (χ1v) is 8.03. The van der Waals surface area contributed by atoms with E-state index in [4.69, 9.17) is 4.74 Å². The fourth-order valence-electron chi connectivity index (χ4n) is 3.03. The summed E-state index contributed by atoms with van der Waals surface area (Å²) in [6.45, 7) is 6.02. The van der Waals surface area contributed by atoms with E-state index in [2.05, 4.69) is 26.9 Å². The van der Waals surface area contributed by atoms with Gasteiger partial charge >= 0.3 is 0 Å². The number of aryl methyl sites for hydroxylation is 1. The topological polar surface area (TPSA) is 76.0 Å². The Balaban J connectivity index is 1.81. The van der Waals surface area contributed by atoms with Crippen molar-refractivity contribution >= 4 is 17.0 Å². The Bertz CT molecular complexity index is 946. The van der Waals surface area contributed by atoms with Gasteiger partial charge in [0.25, 0.3) is 5.56 Å². The molecule has 124 valence electrons. The Hall–Kier alpha value is -2.67. The largest absolute Gasteiger partial charge is 0.377 e. The molecule has 3 aromatic rings. The summed E-state index contributed by atoms with van der Waals surface area (Å²) in [5.74, 6) is 0.554. The van der Waals surface area contributed by atoms with Gasteiger partial charge in [0.05, 0.1) is 24.9 Å². The number of morpholine rings is 1. The molecule has 3 heterocycles. The molecule has 0 saturated carbocycles. The van der Waals surface area contributed by atoms with Crippen LogP contribution >= 0.6 is 0 Å². The van der Waals surface area contributed by atoms with Crippen LogP contribution in [0.15, 0.2) is 35.3 Å². The molecular weight excluding hydrogens is 306 g/mol. The highest BCUT2D eigenvalue weighted by molar-refractivity contribution is 5.74. The first-order chi connectivity index (χ1) is 11.6. The molecule has 1 saturated heterocycles. The van der Waals surface area contributed by atoms with Gasteiger partial charge in [0.15, 0.2) is 5.65 Å². The maximum Gasteiger partial charge on any atom is 0.263 e. The highest BCUT2D eigenvalue weighted by Crippen LogP contribution is 2.18. The van der Waals surface area contributed by atoms with Gasteiger partial charge in [0.2, 0.25) is 5.95 Å². The molecule has 0 spiro atoms. The molecule has 1 unspecified atom stereocenters. The quantitative estimate of drug-likeness (QED) is 0.775. The SMILES string of the molecule is Cc1ccccc1-n1cc2c(=O)[nH]c(N3CCOCC3C)nc2n1. The van der Waals surface area contributed by atoms with Crippen LogP contribution in [0.3, 0.4) is 0 Å². The molecule has 1 atom stereocenters. The number of H-pyrrole nitrogens is 1. The number of nitrogens with zero attached hydrogens (tertiary/aromatic N) is 4. The number of nitrogens with one attached hydrogen (secondary N) is 1. The number of anilines is 1. The van der Waals surface area contributed by atoms with Crippen molar-refractivity contribution in [1.29, 1.82) is 0 Å². The molecule has 1 aliphatic rings. The van der Waals surface area contributed by atoms with Crippen molar-refractivity contribution < 1.29 is 4.74 Å². The first kappa shape index (κ1) is 14.9. The predicted molar refractivity (Wildman–Crippen MR) is 91.8 cm³/mol. The average Bonchev–Trinajstić information content (AvgIpc) is 3.00. The van der Waals surface area contributed by atoms with Crippen molar-refractivity contribution in [3.8, 4) is 5.69 Å². The molecule has 0 aliphatic carbocycles. The van der Waals surface area contributed by atoms with E-state index < -0.39 is 0 Å². The van der Waals surface area contributed by atoms with Gasteiger partial charge in [-0.2, -0.15) is 4.98 Å². The third-order valence-corrected chi connectivity index (χ3v) is 4.38. The smallest absolute Gasteiger partial charge is 0.263 e. The molecule has 1 N–H and O–H groups in total. The molecule has 7 heteroatoms. The van der Waals surface area contributed by atoms with Crippen LogP contribution in [0.1, 0.15) is 12.5 Å². The van der Waals surface area contributed by atoms with E-state index in [-0.39, 0.29) is 11.6 Å². The zero-order valence-corrected chi connectivity index (χ0v) is 13.7. The van der Waals surface area contributed by atoms with Gasteiger partial charge in [-0.25, -0.2) is 4.68 Å². The Morgan fingerprint density at radius 1 is 1.33 bits per heavy atom. The Morgan fingerprint density at radius 2 is 2.17 bits per heavy atom. The van der Waals surface area contributed by atoms with Crippen LogP contribution in [0.2, 0.25) is 0 Å². The summed E-state index contributed by atoms with van der Waals surface area (Å²) in [4.78, 5) is 22.0. The normalized spacial score (nSPS) is 18.2. The average molecular weight is 325 g/mol. The molecular formula is C17H19N5O2. The second-order valence-electron chi connectivity index (χ2n) is 6.10. The van der Waals surface area contributed by atoms with E-state index in [9.17, 15) is 4.79 Å². The minimum absolute atomic E-state index is 0.165. The highest BCUT2D eigenvalue weighted by Gasteiger charge is 2.22.